The zero-order chi connectivity index (χ0) is 17.5. The number of halogens is 3. The van der Waals surface area contributed by atoms with Crippen LogP contribution in [0.4, 0.5) is 4.39 Å². The van der Waals surface area contributed by atoms with Crippen molar-refractivity contribution in [3.8, 4) is 0 Å². The lowest BCUT2D eigenvalue weighted by atomic mass is 10.1. The van der Waals surface area contributed by atoms with E-state index in [0.717, 1.165) is 15.9 Å². The van der Waals surface area contributed by atoms with Crippen molar-refractivity contribution < 1.29 is 8.91 Å². The molecule has 0 radical (unpaired) electrons. The molecule has 0 saturated heterocycles. The molecule has 0 atom stereocenters. The Morgan fingerprint density at radius 3 is 2.72 bits per heavy atom. The summed E-state index contributed by atoms with van der Waals surface area (Å²) in [6, 6.07) is 6.87. The first kappa shape index (κ1) is 21.9. The molecule has 0 unspecified atom stereocenters. The van der Waals surface area contributed by atoms with Gasteiger partial charge in [0.15, 0.2) is 11.7 Å². The highest BCUT2D eigenvalue weighted by Crippen LogP contribution is 2.16. The fourth-order valence-corrected chi connectivity index (χ4v) is 2.53. The Labute approximate surface area is 173 Å². The molecule has 0 spiro atoms. The van der Waals surface area contributed by atoms with E-state index in [0.29, 0.717) is 37.0 Å². The minimum Gasteiger partial charge on any atom is -0.359 e. The lowest BCUT2D eigenvalue weighted by Gasteiger charge is -2.11. The van der Waals surface area contributed by atoms with Crippen LogP contribution in [0, 0.1) is 5.82 Å². The Hall–Kier alpha value is -1.16. The van der Waals surface area contributed by atoms with Gasteiger partial charge in [-0.2, -0.15) is 0 Å². The summed E-state index contributed by atoms with van der Waals surface area (Å²) in [5.74, 6) is 1.51. The molecule has 5 nitrogen and oxygen atoms in total. The molecule has 0 aliphatic heterocycles. The Kier molecular flexibility index (Phi) is 9.41. The van der Waals surface area contributed by atoms with Gasteiger partial charge in [0.1, 0.15) is 5.82 Å². The fourth-order valence-electron chi connectivity index (χ4n) is 2.13. The third kappa shape index (κ3) is 6.93. The molecule has 25 heavy (non-hydrogen) atoms. The molecule has 1 heterocycles. The molecule has 0 fully saturated rings. The van der Waals surface area contributed by atoms with Crippen LogP contribution in [-0.2, 0) is 13.0 Å². The molecular weight excluding hydrogens is 502 g/mol. The van der Waals surface area contributed by atoms with Gasteiger partial charge in [0, 0.05) is 24.1 Å². The van der Waals surface area contributed by atoms with E-state index in [4.69, 9.17) is 4.52 Å². The van der Waals surface area contributed by atoms with Crippen LogP contribution in [-0.4, -0.2) is 24.7 Å². The van der Waals surface area contributed by atoms with Gasteiger partial charge in [-0.1, -0.05) is 34.9 Å². The van der Waals surface area contributed by atoms with E-state index in [1.165, 1.54) is 6.07 Å². The van der Waals surface area contributed by atoms with Gasteiger partial charge in [0.05, 0.1) is 12.2 Å². The molecule has 2 N–H and O–H groups in total. The van der Waals surface area contributed by atoms with Gasteiger partial charge in [-0.15, -0.1) is 24.0 Å². The highest BCUT2D eigenvalue weighted by molar-refractivity contribution is 14.0. The van der Waals surface area contributed by atoms with E-state index in [-0.39, 0.29) is 29.8 Å². The van der Waals surface area contributed by atoms with Gasteiger partial charge in [0.2, 0.25) is 0 Å². The number of hydrogen-bond acceptors (Lipinski definition) is 3. The number of hydrogen-bond donors (Lipinski definition) is 2. The third-order valence-electron chi connectivity index (χ3n) is 3.52. The summed E-state index contributed by atoms with van der Waals surface area (Å²) in [5.41, 5.74) is 1.59. The lowest BCUT2D eigenvalue weighted by Crippen LogP contribution is -2.37. The molecule has 0 saturated carbocycles. The van der Waals surface area contributed by atoms with Crippen molar-refractivity contribution in [2.45, 2.75) is 32.7 Å². The Morgan fingerprint density at radius 1 is 1.32 bits per heavy atom. The Morgan fingerprint density at radius 2 is 2.08 bits per heavy atom. The molecule has 2 rings (SSSR count). The van der Waals surface area contributed by atoms with Crippen LogP contribution in [0.2, 0.25) is 0 Å². The molecule has 0 amide bonds. The van der Waals surface area contributed by atoms with Crippen molar-refractivity contribution >= 4 is 45.9 Å². The van der Waals surface area contributed by atoms with Crippen LogP contribution in [0.3, 0.4) is 0 Å². The maximum absolute atomic E-state index is 13.7. The maximum atomic E-state index is 13.7. The average molecular weight is 525 g/mol. The van der Waals surface area contributed by atoms with Crippen LogP contribution in [0.5, 0.6) is 0 Å². The number of aromatic nitrogens is 1. The largest absolute Gasteiger partial charge is 0.359 e. The highest BCUT2D eigenvalue weighted by Gasteiger charge is 2.08. The van der Waals surface area contributed by atoms with Crippen LogP contribution < -0.4 is 10.6 Å². The van der Waals surface area contributed by atoms with Gasteiger partial charge >= 0.3 is 0 Å². The summed E-state index contributed by atoms with van der Waals surface area (Å²) in [5, 5.41) is 10.3. The van der Waals surface area contributed by atoms with Crippen LogP contribution >= 0.6 is 39.9 Å². The van der Waals surface area contributed by atoms with Crippen molar-refractivity contribution in [3.05, 3.63) is 51.6 Å². The molecule has 1 aromatic heterocycles. The molecule has 1 aromatic carbocycles. The van der Waals surface area contributed by atoms with E-state index in [2.05, 4.69) is 50.6 Å². The minimum atomic E-state index is -0.203. The number of benzene rings is 1. The van der Waals surface area contributed by atoms with Gasteiger partial charge in [-0.05, 0) is 36.1 Å². The normalized spacial score (nSPS) is 11.4. The van der Waals surface area contributed by atoms with Gasteiger partial charge < -0.3 is 15.2 Å². The lowest BCUT2D eigenvalue weighted by molar-refractivity contribution is 0.372. The van der Waals surface area contributed by atoms with Crippen molar-refractivity contribution in [2.75, 3.05) is 13.6 Å². The summed E-state index contributed by atoms with van der Waals surface area (Å²) >= 11 is 3.35. The summed E-state index contributed by atoms with van der Waals surface area (Å²) in [6.07, 6.45) is 0.561. The van der Waals surface area contributed by atoms with Crippen molar-refractivity contribution in [1.82, 2.24) is 15.8 Å². The molecular formula is C17H23BrFIN4O. The molecule has 8 heteroatoms. The van der Waals surface area contributed by atoms with Crippen molar-refractivity contribution in [1.29, 1.82) is 0 Å². The Bertz CT molecular complexity index is 706. The number of rotatable bonds is 6. The van der Waals surface area contributed by atoms with E-state index >= 15 is 0 Å². The maximum Gasteiger partial charge on any atom is 0.191 e. The van der Waals surface area contributed by atoms with Gasteiger partial charge in [0.25, 0.3) is 0 Å². The van der Waals surface area contributed by atoms with Crippen LogP contribution in [0.15, 0.2) is 38.3 Å². The summed E-state index contributed by atoms with van der Waals surface area (Å²) in [6.45, 7) is 5.19. The predicted molar refractivity (Wildman–Crippen MR) is 112 cm³/mol. The van der Waals surface area contributed by atoms with Crippen molar-refractivity contribution in [3.63, 3.8) is 0 Å². The predicted octanol–water partition coefficient (Wildman–Crippen LogP) is 4.23. The summed E-state index contributed by atoms with van der Waals surface area (Å²) < 4.78 is 19.8. The van der Waals surface area contributed by atoms with Gasteiger partial charge in [-0.25, -0.2) is 4.39 Å². The first-order valence-corrected chi connectivity index (χ1v) is 8.63. The second-order valence-corrected chi connectivity index (χ2v) is 6.63. The monoisotopic (exact) mass is 524 g/mol. The number of nitrogens with zero attached hydrogens (tertiary/aromatic N) is 2. The first-order chi connectivity index (χ1) is 11.5. The van der Waals surface area contributed by atoms with E-state index in [9.17, 15) is 4.39 Å². The Balaban J connectivity index is 0.00000312. The number of aliphatic imine (C=N–C) groups is 1. The van der Waals surface area contributed by atoms with Gasteiger partial charge in [-0.3, -0.25) is 4.99 Å². The molecule has 0 bridgehead atoms. The van der Waals surface area contributed by atoms with E-state index in [1.807, 2.05) is 6.07 Å². The zero-order valence-electron chi connectivity index (χ0n) is 14.5. The molecule has 0 aliphatic rings. The second-order valence-electron chi connectivity index (χ2n) is 5.71. The summed E-state index contributed by atoms with van der Waals surface area (Å²) in [7, 11) is 1.69. The standard InChI is InChI=1S/C17H22BrFN4O.HI/c1-11(2)16-9-14(24-23-16)10-22-17(20-3)21-7-6-12-8-13(18)4-5-15(12)19;/h4-5,8-9,11H,6-7,10H2,1-3H3,(H2,20,21,22);1H. The van der Waals surface area contributed by atoms with Crippen molar-refractivity contribution in [2.24, 2.45) is 4.99 Å². The topological polar surface area (TPSA) is 62.5 Å². The van der Waals surface area contributed by atoms with E-state index in [1.54, 1.807) is 19.2 Å². The molecule has 0 aliphatic carbocycles. The average Bonchev–Trinajstić information content (AvgIpc) is 3.03. The number of nitrogens with one attached hydrogen (secondary N) is 2. The highest BCUT2D eigenvalue weighted by atomic mass is 127. The quantitative estimate of drug-likeness (QED) is 0.337. The minimum absolute atomic E-state index is 0. The smallest absolute Gasteiger partial charge is 0.191 e. The molecule has 2 aromatic rings. The fraction of sp³-hybridized carbons (Fsp3) is 0.412. The SMILES string of the molecule is CN=C(NCCc1cc(Br)ccc1F)NCc1cc(C(C)C)no1.I. The number of guanidine groups is 1. The van der Waals surface area contributed by atoms with Crippen LogP contribution in [0.25, 0.3) is 0 Å². The third-order valence-corrected chi connectivity index (χ3v) is 4.01. The second kappa shape index (κ2) is 10.7. The van der Waals surface area contributed by atoms with Crippen LogP contribution in [0.1, 0.15) is 36.8 Å². The zero-order valence-corrected chi connectivity index (χ0v) is 18.4. The summed E-state index contributed by atoms with van der Waals surface area (Å²) in [4.78, 5) is 4.15. The van der Waals surface area contributed by atoms with E-state index < -0.39 is 0 Å². The molecule has 138 valence electrons. The first-order valence-electron chi connectivity index (χ1n) is 7.83.